The number of benzene rings is 7. The van der Waals surface area contributed by atoms with Gasteiger partial charge >= 0.3 is 0 Å². The molecule has 5 aromatic heterocycles. The monoisotopic (exact) mass is 1130 g/mol. The topological polar surface area (TPSA) is 74.6 Å². The molecule has 73 heavy (non-hydrogen) atoms. The van der Waals surface area contributed by atoms with Crippen molar-refractivity contribution in [2.75, 3.05) is 0 Å². The minimum absolute atomic E-state index is 0. The second-order valence-corrected chi connectivity index (χ2v) is 19.3. The molecule has 0 N–H and O–H groups in total. The van der Waals surface area contributed by atoms with Crippen molar-refractivity contribution in [1.82, 2.24) is 29.1 Å². The van der Waals surface area contributed by atoms with Crippen LogP contribution in [-0.2, 0) is 20.1 Å². The average molecular weight is 1130 g/mol. The molecular formula is C65H56IrN6O-2. The maximum atomic E-state index is 7.68. The zero-order valence-corrected chi connectivity index (χ0v) is 44.6. The van der Waals surface area contributed by atoms with E-state index in [9.17, 15) is 0 Å². The zero-order chi connectivity index (χ0) is 52.3. The van der Waals surface area contributed by atoms with E-state index in [2.05, 4.69) is 170 Å². The first-order valence-electron chi connectivity index (χ1n) is 26.1. The van der Waals surface area contributed by atoms with Crippen LogP contribution in [0.1, 0.15) is 83.0 Å². The number of aryl methyl sites for hydroxylation is 5. The quantitative estimate of drug-likeness (QED) is 0.142. The van der Waals surface area contributed by atoms with Crippen molar-refractivity contribution in [1.29, 1.82) is 0 Å². The van der Waals surface area contributed by atoms with Gasteiger partial charge in [0.05, 0.1) is 45.5 Å². The van der Waals surface area contributed by atoms with E-state index in [1.54, 1.807) is 12.3 Å². The van der Waals surface area contributed by atoms with Crippen molar-refractivity contribution in [3.63, 3.8) is 0 Å². The Balaban J connectivity index is 0.000000189. The van der Waals surface area contributed by atoms with Gasteiger partial charge in [-0.3, -0.25) is 15.0 Å². The summed E-state index contributed by atoms with van der Waals surface area (Å²) in [6, 6.07) is 61.3. The molecule has 7 nitrogen and oxygen atoms in total. The Morgan fingerprint density at radius 2 is 1.16 bits per heavy atom. The van der Waals surface area contributed by atoms with Gasteiger partial charge in [-0.15, -0.1) is 30.3 Å². The second-order valence-electron chi connectivity index (χ2n) is 19.3. The van der Waals surface area contributed by atoms with E-state index in [-0.39, 0.29) is 37.6 Å². The van der Waals surface area contributed by atoms with Crippen LogP contribution in [0.4, 0.5) is 0 Å². The average Bonchev–Trinajstić information content (AvgIpc) is 4.12. The molecule has 12 rings (SSSR count). The number of pyridine rings is 2. The molecule has 0 spiro atoms. The molecule has 0 atom stereocenters. The summed E-state index contributed by atoms with van der Waals surface area (Å²) in [7, 11) is 0. The van der Waals surface area contributed by atoms with Gasteiger partial charge in [0.2, 0.25) is 0 Å². The first kappa shape index (κ1) is 45.1. The smallest absolute Gasteiger partial charge is 0.121 e. The van der Waals surface area contributed by atoms with Crippen molar-refractivity contribution in [3.8, 4) is 56.4 Å². The Morgan fingerprint density at radius 1 is 0.534 bits per heavy atom. The summed E-state index contributed by atoms with van der Waals surface area (Å²) >= 11 is 0. The fourth-order valence-electron chi connectivity index (χ4n) is 10.1. The first-order chi connectivity index (χ1) is 36.1. The third-order valence-electron chi connectivity index (χ3n) is 13.6. The molecule has 0 amide bonds. The van der Waals surface area contributed by atoms with E-state index < -0.39 is 6.85 Å². The molecule has 0 unspecified atom stereocenters. The number of nitrogens with zero attached hydrogens (tertiary/aromatic N) is 6. The minimum Gasteiger partial charge on any atom is -0.501 e. The van der Waals surface area contributed by atoms with Gasteiger partial charge in [-0.05, 0) is 125 Å². The number of hydrogen-bond acceptors (Lipinski definition) is 5. The molecular weight excluding hydrogens is 1070 g/mol. The predicted molar refractivity (Wildman–Crippen MR) is 296 cm³/mol. The van der Waals surface area contributed by atoms with Crippen LogP contribution < -0.4 is 0 Å². The molecule has 0 fully saturated rings. The van der Waals surface area contributed by atoms with Gasteiger partial charge in [-0.2, -0.15) is 0 Å². The normalized spacial score (nSPS) is 12.3. The number of fused-ring (bicyclic) bond motifs is 5. The molecule has 8 heteroatoms. The fraction of sp³-hybridized carbons (Fsp3) is 0.169. The van der Waals surface area contributed by atoms with Crippen LogP contribution in [-0.4, -0.2) is 29.1 Å². The maximum absolute atomic E-state index is 7.68. The molecule has 363 valence electrons. The predicted octanol–water partition coefficient (Wildman–Crippen LogP) is 16.8. The van der Waals surface area contributed by atoms with Gasteiger partial charge in [-0.1, -0.05) is 161 Å². The summed E-state index contributed by atoms with van der Waals surface area (Å²) in [6.45, 7) is 14.8. The molecule has 12 aromatic rings. The number of para-hydroxylation sites is 3. The molecule has 0 saturated heterocycles. The number of rotatable bonds is 8. The van der Waals surface area contributed by atoms with Crippen molar-refractivity contribution in [2.24, 2.45) is 0 Å². The van der Waals surface area contributed by atoms with Crippen LogP contribution in [0.2, 0.25) is 0 Å². The van der Waals surface area contributed by atoms with E-state index >= 15 is 0 Å². The van der Waals surface area contributed by atoms with E-state index in [1.165, 1.54) is 33.5 Å². The molecule has 0 bridgehead atoms. The Morgan fingerprint density at radius 3 is 1.84 bits per heavy atom. The first-order valence-corrected chi connectivity index (χ1v) is 24.6. The number of aromatic nitrogens is 6. The van der Waals surface area contributed by atoms with Crippen LogP contribution in [0.25, 0.3) is 100 Å². The van der Waals surface area contributed by atoms with E-state index in [0.29, 0.717) is 11.3 Å². The molecule has 7 aromatic carbocycles. The van der Waals surface area contributed by atoms with Gasteiger partial charge in [0.25, 0.3) is 0 Å². The third kappa shape index (κ3) is 9.00. The van der Waals surface area contributed by atoms with E-state index in [1.807, 2.05) is 68.7 Å². The van der Waals surface area contributed by atoms with Gasteiger partial charge < -0.3 is 18.5 Å². The largest absolute Gasteiger partial charge is 0.501 e. The van der Waals surface area contributed by atoms with Crippen LogP contribution in [0.3, 0.4) is 0 Å². The van der Waals surface area contributed by atoms with Crippen molar-refractivity contribution < 1.29 is 28.6 Å². The fourth-order valence-corrected chi connectivity index (χ4v) is 10.1. The summed E-state index contributed by atoms with van der Waals surface area (Å²) in [4.78, 5) is 18.9. The Bertz CT molecular complexity index is 4070. The van der Waals surface area contributed by atoms with E-state index in [0.717, 1.165) is 89.2 Å². The van der Waals surface area contributed by atoms with Crippen molar-refractivity contribution in [2.45, 2.75) is 74.1 Å². The number of imidazole rings is 2. The summed E-state index contributed by atoms with van der Waals surface area (Å²) in [5.41, 5.74) is 20.1. The van der Waals surface area contributed by atoms with Gasteiger partial charge in [0.15, 0.2) is 0 Å². The van der Waals surface area contributed by atoms with Crippen molar-refractivity contribution in [3.05, 3.63) is 215 Å². The Hall–Kier alpha value is -7.77. The molecule has 0 saturated carbocycles. The number of hydrogen-bond donors (Lipinski definition) is 0. The van der Waals surface area contributed by atoms with Crippen LogP contribution in [0.15, 0.2) is 168 Å². The summed E-state index contributed by atoms with van der Waals surface area (Å²) < 4.78 is 34.2. The van der Waals surface area contributed by atoms with Gasteiger partial charge in [-0.25, -0.2) is 0 Å². The standard InChI is InChI=1S/C43H35N2O.C22H21N4.Ir/c1-27(2)36-24-32(30-16-9-6-10-17-30)25-37(28(3)4)41(36)45-39-21-12-11-20-38(39)44-43(45)35-19-13-18-34-33-23-22-31(26-40(33)46-42(34)35)29-14-7-5-8-15-29;1-13-7-6-8-14(2)21(13)26-20-12-23-16(4)11-19(20)25-22(26)18-10-9-15(3)24-17(18)5;/h5-18,20-28H,1-4H3;6-9,11-12H,1-5H3;/q2*-1;/i;4D3;. The Labute approximate surface area is 445 Å². The van der Waals surface area contributed by atoms with Crippen LogP contribution in [0, 0.1) is 46.7 Å². The third-order valence-corrected chi connectivity index (χ3v) is 13.6. The van der Waals surface area contributed by atoms with E-state index in [4.69, 9.17) is 18.5 Å². The minimum atomic E-state index is -2.29. The second kappa shape index (κ2) is 20.0. The molecule has 0 aliphatic carbocycles. The summed E-state index contributed by atoms with van der Waals surface area (Å²) in [5.74, 6) is 2.08. The molecule has 0 aliphatic heterocycles. The van der Waals surface area contributed by atoms with Crippen LogP contribution >= 0.6 is 0 Å². The summed E-state index contributed by atoms with van der Waals surface area (Å²) in [5, 5.41) is 2.15. The molecule has 1 radical (unpaired) electrons. The molecule has 0 aliphatic rings. The number of furan rings is 1. The van der Waals surface area contributed by atoms with Crippen LogP contribution in [0.5, 0.6) is 0 Å². The molecule has 5 heterocycles. The zero-order valence-electron chi connectivity index (χ0n) is 45.2. The van der Waals surface area contributed by atoms with Crippen molar-refractivity contribution >= 4 is 44.0 Å². The van der Waals surface area contributed by atoms with Gasteiger partial charge in [0, 0.05) is 46.7 Å². The summed E-state index contributed by atoms with van der Waals surface area (Å²) in [6.07, 6.45) is 1.59. The Kier molecular flexibility index (Phi) is 12.4. The van der Waals surface area contributed by atoms with Gasteiger partial charge in [0.1, 0.15) is 5.58 Å². The maximum Gasteiger partial charge on any atom is 0.121 e. The SMILES string of the molecule is CC(C)c1cc(-c2ccccc2)cc(C(C)C)c1-n1c(-c2[c-]ccc3c2oc2cc(-c4ccccc4)ccc23)nc2ccccc21.[2H]C([2H])([2H])c1cc2nc(-c3[c-]cc(C)nc3C)n(-c3c(C)cccc3C)c2cn1.[Ir].